The SMILES string of the molecule is O=S(=O)(NCc1nnc(-c2ccccc2F)o1)c1ccc(F)cc1. The number of nitrogens with zero attached hydrogens (tertiary/aromatic N) is 2. The Balaban J connectivity index is 1.74. The Bertz CT molecular complexity index is 956. The van der Waals surface area contributed by atoms with E-state index in [4.69, 9.17) is 4.42 Å². The third kappa shape index (κ3) is 3.47. The van der Waals surface area contributed by atoms with Crippen LogP contribution in [0.3, 0.4) is 0 Å². The smallest absolute Gasteiger partial charge is 0.250 e. The Kier molecular flexibility index (Phi) is 4.36. The third-order valence-electron chi connectivity index (χ3n) is 3.11. The second kappa shape index (κ2) is 6.46. The van der Waals surface area contributed by atoms with Gasteiger partial charge in [-0.15, -0.1) is 10.2 Å². The van der Waals surface area contributed by atoms with Crippen molar-refractivity contribution in [3.8, 4) is 11.5 Å². The molecular formula is C15H11F2N3O3S. The summed E-state index contributed by atoms with van der Waals surface area (Å²) >= 11 is 0. The van der Waals surface area contributed by atoms with Crippen LogP contribution in [-0.4, -0.2) is 18.6 Å². The molecule has 9 heteroatoms. The lowest BCUT2D eigenvalue weighted by molar-refractivity contribution is 0.490. The highest BCUT2D eigenvalue weighted by molar-refractivity contribution is 7.89. The molecule has 0 atom stereocenters. The summed E-state index contributed by atoms with van der Waals surface area (Å²) in [5.41, 5.74) is 0.123. The summed E-state index contributed by atoms with van der Waals surface area (Å²) in [5, 5.41) is 7.37. The zero-order chi connectivity index (χ0) is 17.2. The largest absolute Gasteiger partial charge is 0.419 e. The summed E-state index contributed by atoms with van der Waals surface area (Å²) in [7, 11) is -3.86. The molecule has 1 N–H and O–H groups in total. The van der Waals surface area contributed by atoms with Crippen molar-refractivity contribution in [3.05, 3.63) is 66.1 Å². The number of hydrogen-bond acceptors (Lipinski definition) is 5. The summed E-state index contributed by atoms with van der Waals surface area (Å²) in [6.07, 6.45) is 0. The van der Waals surface area contributed by atoms with Crippen molar-refractivity contribution < 1.29 is 21.6 Å². The van der Waals surface area contributed by atoms with Gasteiger partial charge in [-0.25, -0.2) is 21.9 Å². The first kappa shape index (κ1) is 16.2. The highest BCUT2D eigenvalue weighted by Gasteiger charge is 2.17. The molecule has 1 heterocycles. The zero-order valence-electron chi connectivity index (χ0n) is 12.1. The molecule has 0 aliphatic rings. The summed E-state index contributed by atoms with van der Waals surface area (Å²) in [4.78, 5) is -0.0993. The van der Waals surface area contributed by atoms with Crippen LogP contribution in [0.15, 0.2) is 57.8 Å². The molecule has 6 nitrogen and oxygen atoms in total. The van der Waals surface area contributed by atoms with E-state index in [1.54, 1.807) is 6.07 Å². The number of nitrogens with one attached hydrogen (secondary N) is 1. The molecular weight excluding hydrogens is 340 g/mol. The lowest BCUT2D eigenvalue weighted by atomic mass is 10.2. The van der Waals surface area contributed by atoms with E-state index >= 15 is 0 Å². The van der Waals surface area contributed by atoms with Crippen LogP contribution < -0.4 is 4.72 Å². The topological polar surface area (TPSA) is 85.1 Å². The van der Waals surface area contributed by atoms with Gasteiger partial charge < -0.3 is 4.42 Å². The fourth-order valence-corrected chi connectivity index (χ4v) is 2.90. The maximum absolute atomic E-state index is 13.6. The van der Waals surface area contributed by atoms with Crippen molar-refractivity contribution in [1.29, 1.82) is 0 Å². The number of rotatable bonds is 5. The van der Waals surface area contributed by atoms with Gasteiger partial charge in [0.15, 0.2) is 0 Å². The van der Waals surface area contributed by atoms with Gasteiger partial charge in [0.1, 0.15) is 11.6 Å². The van der Waals surface area contributed by atoms with E-state index in [-0.39, 0.29) is 28.8 Å². The fraction of sp³-hybridized carbons (Fsp3) is 0.0667. The van der Waals surface area contributed by atoms with Gasteiger partial charge in [0.25, 0.3) is 5.89 Å². The molecule has 0 spiro atoms. The van der Waals surface area contributed by atoms with E-state index in [2.05, 4.69) is 14.9 Å². The van der Waals surface area contributed by atoms with Crippen molar-refractivity contribution in [2.24, 2.45) is 0 Å². The predicted octanol–water partition coefficient (Wildman–Crippen LogP) is 2.49. The van der Waals surface area contributed by atoms with E-state index < -0.39 is 21.7 Å². The van der Waals surface area contributed by atoms with Crippen LogP contribution in [0.25, 0.3) is 11.5 Å². The maximum atomic E-state index is 13.6. The Hall–Kier alpha value is -2.65. The van der Waals surface area contributed by atoms with Crippen molar-refractivity contribution in [1.82, 2.24) is 14.9 Å². The lowest BCUT2D eigenvalue weighted by Crippen LogP contribution is -2.23. The van der Waals surface area contributed by atoms with Crippen molar-refractivity contribution in [2.45, 2.75) is 11.4 Å². The monoisotopic (exact) mass is 351 g/mol. The van der Waals surface area contributed by atoms with Crippen molar-refractivity contribution >= 4 is 10.0 Å². The van der Waals surface area contributed by atoms with E-state index in [0.717, 1.165) is 24.3 Å². The lowest BCUT2D eigenvalue weighted by Gasteiger charge is -2.04. The standard InChI is InChI=1S/C15H11F2N3O3S/c16-10-5-7-11(8-6-10)24(21,22)18-9-14-19-20-15(23-14)12-3-1-2-4-13(12)17/h1-8,18H,9H2. The van der Waals surface area contributed by atoms with E-state index in [0.29, 0.717) is 0 Å². The molecule has 0 amide bonds. The number of halogens is 2. The van der Waals surface area contributed by atoms with Crippen LogP contribution in [0, 0.1) is 11.6 Å². The van der Waals surface area contributed by atoms with Gasteiger partial charge in [-0.05, 0) is 36.4 Å². The molecule has 0 bridgehead atoms. The number of sulfonamides is 1. The minimum absolute atomic E-state index is 0.0288. The molecule has 0 unspecified atom stereocenters. The molecule has 0 aliphatic heterocycles. The highest BCUT2D eigenvalue weighted by atomic mass is 32.2. The summed E-state index contributed by atoms with van der Waals surface area (Å²) in [6.45, 7) is -0.277. The van der Waals surface area contributed by atoms with Crippen molar-refractivity contribution in [2.75, 3.05) is 0 Å². The highest BCUT2D eigenvalue weighted by Crippen LogP contribution is 2.21. The van der Waals surface area contributed by atoms with Crippen LogP contribution >= 0.6 is 0 Å². The molecule has 24 heavy (non-hydrogen) atoms. The van der Waals surface area contributed by atoms with Crippen LogP contribution in [0.4, 0.5) is 8.78 Å². The van der Waals surface area contributed by atoms with Gasteiger partial charge >= 0.3 is 0 Å². The summed E-state index contributed by atoms with van der Waals surface area (Å²) in [6, 6.07) is 10.2. The van der Waals surface area contributed by atoms with Gasteiger partial charge in [-0.2, -0.15) is 0 Å². The number of benzene rings is 2. The molecule has 124 valence electrons. The zero-order valence-corrected chi connectivity index (χ0v) is 12.9. The minimum Gasteiger partial charge on any atom is -0.419 e. The molecule has 0 saturated heterocycles. The molecule has 0 saturated carbocycles. The molecule has 3 rings (SSSR count). The summed E-state index contributed by atoms with van der Waals surface area (Å²) in [5.74, 6) is -1.15. The quantitative estimate of drug-likeness (QED) is 0.763. The third-order valence-corrected chi connectivity index (χ3v) is 4.53. The number of hydrogen-bond donors (Lipinski definition) is 1. The molecule has 3 aromatic rings. The Morgan fingerprint density at radius 3 is 2.42 bits per heavy atom. The maximum Gasteiger partial charge on any atom is 0.250 e. The van der Waals surface area contributed by atoms with Crippen LogP contribution in [-0.2, 0) is 16.6 Å². The normalized spacial score (nSPS) is 11.6. The molecule has 0 radical (unpaired) electrons. The van der Waals surface area contributed by atoms with E-state index in [9.17, 15) is 17.2 Å². The Morgan fingerprint density at radius 1 is 1.00 bits per heavy atom. The van der Waals surface area contributed by atoms with Crippen LogP contribution in [0.1, 0.15) is 5.89 Å². The number of aromatic nitrogens is 2. The predicted molar refractivity (Wildman–Crippen MR) is 80.1 cm³/mol. The molecule has 1 aromatic heterocycles. The van der Waals surface area contributed by atoms with Crippen molar-refractivity contribution in [3.63, 3.8) is 0 Å². The Morgan fingerprint density at radius 2 is 1.71 bits per heavy atom. The van der Waals surface area contributed by atoms with E-state index in [1.165, 1.54) is 18.2 Å². The first-order valence-electron chi connectivity index (χ1n) is 6.78. The second-order valence-corrected chi connectivity index (χ2v) is 6.53. The fourth-order valence-electron chi connectivity index (χ4n) is 1.92. The first-order valence-corrected chi connectivity index (χ1v) is 8.26. The van der Waals surface area contributed by atoms with Crippen LogP contribution in [0.5, 0.6) is 0 Å². The Labute approximate surface area is 136 Å². The van der Waals surface area contributed by atoms with Gasteiger partial charge in [0.05, 0.1) is 17.0 Å². The van der Waals surface area contributed by atoms with Gasteiger partial charge in [0, 0.05) is 0 Å². The van der Waals surface area contributed by atoms with Gasteiger partial charge in [-0.1, -0.05) is 12.1 Å². The average Bonchev–Trinajstić information content (AvgIpc) is 3.03. The second-order valence-electron chi connectivity index (χ2n) is 4.76. The minimum atomic E-state index is -3.86. The first-order chi connectivity index (χ1) is 11.5. The van der Waals surface area contributed by atoms with Crippen LogP contribution in [0.2, 0.25) is 0 Å². The van der Waals surface area contributed by atoms with Gasteiger partial charge in [0.2, 0.25) is 15.9 Å². The molecule has 0 fully saturated rings. The van der Waals surface area contributed by atoms with Gasteiger partial charge in [-0.3, -0.25) is 0 Å². The summed E-state index contributed by atoms with van der Waals surface area (Å²) < 4.78 is 58.1. The average molecular weight is 351 g/mol. The van der Waals surface area contributed by atoms with E-state index in [1.807, 2.05) is 0 Å². The molecule has 0 aliphatic carbocycles. The molecule has 2 aromatic carbocycles.